The zero-order chi connectivity index (χ0) is 32.7. The van der Waals surface area contributed by atoms with Gasteiger partial charge in [0.2, 0.25) is 11.8 Å². The summed E-state index contributed by atoms with van der Waals surface area (Å²) in [5, 5.41) is 9.25. The maximum absolute atomic E-state index is 14.2. The maximum atomic E-state index is 14.2. The third kappa shape index (κ3) is 7.38. The van der Waals surface area contributed by atoms with Gasteiger partial charge in [-0.3, -0.25) is 9.59 Å². The van der Waals surface area contributed by atoms with E-state index >= 15 is 0 Å². The van der Waals surface area contributed by atoms with Gasteiger partial charge in [-0.1, -0.05) is 24.3 Å². The number of hydrogen-bond acceptors (Lipinski definition) is 3. The van der Waals surface area contributed by atoms with Crippen LogP contribution in [-0.4, -0.2) is 69.9 Å². The number of rotatable bonds is 6. The number of halogens is 6. The highest BCUT2D eigenvalue weighted by Gasteiger charge is 2.44. The van der Waals surface area contributed by atoms with Gasteiger partial charge in [0.1, 0.15) is 0 Å². The van der Waals surface area contributed by atoms with Crippen molar-refractivity contribution in [1.29, 1.82) is 0 Å². The lowest BCUT2D eigenvalue weighted by molar-refractivity contribution is -0.145. The van der Waals surface area contributed by atoms with Gasteiger partial charge >= 0.3 is 18.4 Å². The van der Waals surface area contributed by atoms with Crippen LogP contribution >= 0.6 is 0 Å². The molecule has 0 aromatic heterocycles. The highest BCUT2D eigenvalue weighted by atomic mass is 19.4. The molecule has 2 saturated heterocycles. The molecule has 1 aliphatic carbocycles. The molecule has 2 aliphatic heterocycles. The van der Waals surface area contributed by atoms with Gasteiger partial charge < -0.3 is 19.8 Å². The number of carbonyl (C=O) groups excluding carboxylic acids is 2. The van der Waals surface area contributed by atoms with Crippen molar-refractivity contribution in [2.24, 2.45) is 11.8 Å². The number of hydrogen-bond donors (Lipinski definition) is 1. The molecule has 5 rings (SSSR count). The molecule has 2 aromatic carbocycles. The molecule has 3 fully saturated rings. The molecule has 13 heteroatoms. The molecule has 3 aliphatic rings. The fourth-order valence-corrected chi connectivity index (χ4v) is 6.64. The van der Waals surface area contributed by atoms with Gasteiger partial charge in [-0.05, 0) is 73.9 Å². The summed E-state index contributed by atoms with van der Waals surface area (Å²) in [6, 6.07) is 8.58. The Labute approximate surface area is 256 Å². The molecule has 1 N–H and O–H groups in total. The van der Waals surface area contributed by atoms with Gasteiger partial charge in [0.25, 0.3) is 0 Å². The van der Waals surface area contributed by atoms with E-state index in [1.165, 1.54) is 9.80 Å². The quantitative estimate of drug-likeness (QED) is 0.364. The van der Waals surface area contributed by atoms with E-state index < -0.39 is 48.0 Å². The molecule has 2 aromatic rings. The first kappa shape index (κ1) is 32.6. The Balaban J connectivity index is 1.41. The van der Waals surface area contributed by atoms with Crippen molar-refractivity contribution in [1.82, 2.24) is 14.7 Å². The molecule has 2 atom stereocenters. The van der Waals surface area contributed by atoms with E-state index in [0.29, 0.717) is 37.8 Å². The van der Waals surface area contributed by atoms with E-state index in [1.807, 2.05) is 31.2 Å². The molecule has 0 spiro atoms. The average molecular weight is 640 g/mol. The summed E-state index contributed by atoms with van der Waals surface area (Å²) in [7, 11) is 0. The molecule has 244 valence electrons. The largest absolute Gasteiger partial charge is 0.465 e. The van der Waals surface area contributed by atoms with Crippen molar-refractivity contribution >= 4 is 17.9 Å². The SMILES string of the molecule is Cc1ccccc1C1CN(C(=O)C2CCN(C(=O)O)CC2)CCC1C(=O)N(Cc1cc(C(F)(F)F)cc(C(F)(F)F)c1)C1CC1. The Morgan fingerprint density at radius 3 is 1.96 bits per heavy atom. The van der Waals surface area contributed by atoms with Crippen molar-refractivity contribution < 1.29 is 45.8 Å². The summed E-state index contributed by atoms with van der Waals surface area (Å²) in [5.74, 6) is -1.88. The summed E-state index contributed by atoms with van der Waals surface area (Å²) in [6.07, 6.45) is -8.77. The Morgan fingerprint density at radius 2 is 1.42 bits per heavy atom. The van der Waals surface area contributed by atoms with E-state index in [4.69, 9.17) is 0 Å². The van der Waals surface area contributed by atoms with Gasteiger partial charge in [0, 0.05) is 56.5 Å². The standard InChI is InChI=1S/C32H35F6N3O4/c1-19-4-2-3-5-25(19)27-18-40(28(42)21-8-11-39(12-9-21)30(44)45)13-10-26(27)29(43)41(24-6-7-24)17-20-14-22(31(33,34)35)16-23(15-20)32(36,37)38/h2-5,14-16,21,24,26-27H,6-13,17-18H2,1H3,(H,44,45). The highest BCUT2D eigenvalue weighted by Crippen LogP contribution is 2.41. The summed E-state index contributed by atoms with van der Waals surface area (Å²) in [5.41, 5.74) is -1.34. The van der Waals surface area contributed by atoms with Gasteiger partial charge in [-0.25, -0.2) is 4.79 Å². The van der Waals surface area contributed by atoms with E-state index in [1.54, 1.807) is 4.90 Å². The number of alkyl halides is 6. The van der Waals surface area contributed by atoms with Gasteiger partial charge in [0.15, 0.2) is 0 Å². The van der Waals surface area contributed by atoms with E-state index in [-0.39, 0.29) is 68.0 Å². The topological polar surface area (TPSA) is 81.2 Å². The lowest BCUT2D eigenvalue weighted by Crippen LogP contribution is -2.51. The van der Waals surface area contributed by atoms with Crippen LogP contribution in [-0.2, 0) is 28.5 Å². The molecule has 1 saturated carbocycles. The van der Waals surface area contributed by atoms with Crippen LogP contribution in [0.4, 0.5) is 31.1 Å². The van der Waals surface area contributed by atoms with E-state index in [9.17, 15) is 45.8 Å². The van der Waals surface area contributed by atoms with Crippen molar-refractivity contribution in [2.45, 2.75) is 69.9 Å². The fourth-order valence-electron chi connectivity index (χ4n) is 6.64. The first-order valence-corrected chi connectivity index (χ1v) is 15.0. The number of aryl methyl sites for hydroxylation is 1. The molecule has 3 amide bonds. The predicted molar refractivity (Wildman–Crippen MR) is 151 cm³/mol. The smallest absolute Gasteiger partial charge is 0.416 e. The predicted octanol–water partition coefficient (Wildman–Crippen LogP) is 6.55. The van der Waals surface area contributed by atoms with Crippen molar-refractivity contribution in [3.05, 3.63) is 70.3 Å². The second-order valence-corrected chi connectivity index (χ2v) is 12.3. The second kappa shape index (κ2) is 12.6. The molecule has 7 nitrogen and oxygen atoms in total. The number of amides is 3. The number of carbonyl (C=O) groups is 3. The molecule has 45 heavy (non-hydrogen) atoms. The first-order chi connectivity index (χ1) is 21.1. The minimum Gasteiger partial charge on any atom is -0.465 e. The summed E-state index contributed by atoms with van der Waals surface area (Å²) >= 11 is 0. The zero-order valence-electron chi connectivity index (χ0n) is 24.7. The Morgan fingerprint density at radius 1 is 0.844 bits per heavy atom. The summed E-state index contributed by atoms with van der Waals surface area (Å²) < 4.78 is 81.3. The number of benzene rings is 2. The van der Waals surface area contributed by atoms with Gasteiger partial charge in [-0.15, -0.1) is 0 Å². The number of piperidine rings is 2. The molecular formula is C32H35F6N3O4. The van der Waals surface area contributed by atoms with Crippen LogP contribution in [0.2, 0.25) is 0 Å². The fraction of sp³-hybridized carbons (Fsp3) is 0.531. The van der Waals surface area contributed by atoms with Crippen molar-refractivity contribution in [3.63, 3.8) is 0 Å². The maximum Gasteiger partial charge on any atom is 0.416 e. The van der Waals surface area contributed by atoms with Gasteiger partial charge in [-0.2, -0.15) is 26.3 Å². The molecule has 2 heterocycles. The Bertz CT molecular complexity index is 1400. The van der Waals surface area contributed by atoms with Crippen LogP contribution in [0.15, 0.2) is 42.5 Å². The minimum atomic E-state index is -5.00. The van der Waals surface area contributed by atoms with Crippen molar-refractivity contribution in [2.75, 3.05) is 26.2 Å². The Kier molecular flexibility index (Phi) is 9.10. The average Bonchev–Trinajstić information content (AvgIpc) is 3.84. The van der Waals surface area contributed by atoms with Crippen molar-refractivity contribution in [3.8, 4) is 0 Å². The molecule has 2 unspecified atom stereocenters. The summed E-state index contributed by atoms with van der Waals surface area (Å²) in [4.78, 5) is 43.5. The number of nitrogens with zero attached hydrogens (tertiary/aromatic N) is 3. The van der Waals surface area contributed by atoms with Crippen LogP contribution in [0.1, 0.15) is 65.8 Å². The lowest BCUT2D eigenvalue weighted by Gasteiger charge is -2.42. The zero-order valence-corrected chi connectivity index (χ0v) is 24.7. The van der Waals surface area contributed by atoms with Crippen LogP contribution < -0.4 is 0 Å². The monoisotopic (exact) mass is 639 g/mol. The third-order valence-corrected chi connectivity index (χ3v) is 9.22. The molecule has 0 bridgehead atoms. The Hall–Kier alpha value is -3.77. The van der Waals surface area contributed by atoms with Gasteiger partial charge in [0.05, 0.1) is 11.1 Å². The summed E-state index contributed by atoms with van der Waals surface area (Å²) in [6.45, 7) is 2.49. The molecular weight excluding hydrogens is 604 g/mol. The minimum absolute atomic E-state index is 0.0826. The normalized spacial score (nSPS) is 21.5. The third-order valence-electron chi connectivity index (χ3n) is 9.22. The highest BCUT2D eigenvalue weighted by molar-refractivity contribution is 5.83. The number of likely N-dealkylation sites (tertiary alicyclic amines) is 2. The van der Waals surface area contributed by atoms with Crippen LogP contribution in [0.3, 0.4) is 0 Å². The number of carboxylic acid groups (broad SMARTS) is 1. The first-order valence-electron chi connectivity index (χ1n) is 15.0. The van der Waals surface area contributed by atoms with E-state index in [0.717, 1.165) is 11.1 Å². The van der Waals surface area contributed by atoms with E-state index in [2.05, 4.69) is 0 Å². The van der Waals surface area contributed by atoms with Crippen LogP contribution in [0.25, 0.3) is 0 Å². The molecule has 0 radical (unpaired) electrons. The van der Waals surface area contributed by atoms with Crippen LogP contribution in [0.5, 0.6) is 0 Å². The second-order valence-electron chi connectivity index (χ2n) is 12.3. The van der Waals surface area contributed by atoms with Crippen LogP contribution in [0, 0.1) is 18.8 Å². The lowest BCUT2D eigenvalue weighted by atomic mass is 9.77.